The van der Waals surface area contributed by atoms with Gasteiger partial charge in [-0.2, -0.15) is 0 Å². The average Bonchev–Trinajstić information content (AvgIpc) is 2.72. The highest BCUT2D eigenvalue weighted by molar-refractivity contribution is 6.29. The van der Waals surface area contributed by atoms with Crippen LogP contribution in [0.4, 0.5) is 8.78 Å². The summed E-state index contributed by atoms with van der Waals surface area (Å²) in [6, 6.07) is 4.62. The van der Waals surface area contributed by atoms with Crippen LogP contribution in [0.15, 0.2) is 34.9 Å². The fourth-order valence-corrected chi connectivity index (χ4v) is 1.82. The Morgan fingerprint density at radius 1 is 1.24 bits per heavy atom. The van der Waals surface area contributed by atoms with Crippen LogP contribution < -0.4 is 11.3 Å². The van der Waals surface area contributed by atoms with Gasteiger partial charge in [0, 0.05) is 11.1 Å². The molecule has 0 aliphatic carbocycles. The molecule has 2 aromatic rings. The molecule has 0 radical (unpaired) electrons. The molecule has 0 saturated heterocycles. The number of hydrazine groups is 1. The van der Waals surface area contributed by atoms with Crippen LogP contribution in [-0.2, 0) is 0 Å². The lowest BCUT2D eigenvalue weighted by atomic mass is 10.0. The Balaban J connectivity index is 2.50. The minimum Gasteiger partial charge on any atom is -0.453 e. The van der Waals surface area contributed by atoms with Gasteiger partial charge in [0.25, 0.3) is 0 Å². The maximum atomic E-state index is 13.6. The van der Waals surface area contributed by atoms with Gasteiger partial charge >= 0.3 is 0 Å². The first-order valence-electron chi connectivity index (χ1n) is 4.78. The zero-order chi connectivity index (χ0) is 12.4. The van der Waals surface area contributed by atoms with Crippen molar-refractivity contribution in [2.45, 2.75) is 6.04 Å². The summed E-state index contributed by atoms with van der Waals surface area (Å²) in [5.74, 6) is 3.44. The molecule has 17 heavy (non-hydrogen) atoms. The second kappa shape index (κ2) is 4.83. The fraction of sp³-hybridized carbons (Fsp3) is 0.0909. The van der Waals surface area contributed by atoms with Crippen molar-refractivity contribution < 1.29 is 13.2 Å². The monoisotopic (exact) mass is 258 g/mol. The zero-order valence-electron chi connectivity index (χ0n) is 8.58. The smallest absolute Gasteiger partial charge is 0.198 e. The quantitative estimate of drug-likeness (QED) is 0.657. The highest BCUT2D eigenvalue weighted by Gasteiger charge is 2.22. The maximum Gasteiger partial charge on any atom is 0.198 e. The zero-order valence-corrected chi connectivity index (χ0v) is 9.34. The minimum atomic E-state index is -0.965. The van der Waals surface area contributed by atoms with Crippen molar-refractivity contribution in [1.82, 2.24) is 5.43 Å². The fourth-order valence-electron chi connectivity index (χ4n) is 1.60. The summed E-state index contributed by atoms with van der Waals surface area (Å²) in [5.41, 5.74) is 2.89. The summed E-state index contributed by atoms with van der Waals surface area (Å²) in [6.07, 6.45) is 1.35. The SMILES string of the molecule is NNC(c1ccoc1Cl)c1cccc(F)c1F. The van der Waals surface area contributed by atoms with Crippen LogP contribution in [0.1, 0.15) is 17.2 Å². The molecular formula is C11H9ClF2N2O. The van der Waals surface area contributed by atoms with E-state index in [1.807, 2.05) is 0 Å². The third kappa shape index (κ3) is 2.17. The molecule has 0 spiro atoms. The lowest BCUT2D eigenvalue weighted by molar-refractivity contribution is 0.481. The van der Waals surface area contributed by atoms with E-state index in [9.17, 15) is 8.78 Å². The molecule has 1 unspecified atom stereocenters. The van der Waals surface area contributed by atoms with E-state index in [0.717, 1.165) is 6.07 Å². The first kappa shape index (κ1) is 12.0. The summed E-state index contributed by atoms with van der Waals surface area (Å²) in [4.78, 5) is 0. The van der Waals surface area contributed by atoms with Gasteiger partial charge in [0.1, 0.15) is 0 Å². The van der Waals surface area contributed by atoms with Crippen LogP contribution >= 0.6 is 11.6 Å². The van der Waals surface area contributed by atoms with Crippen molar-refractivity contribution in [3.63, 3.8) is 0 Å². The molecule has 3 N–H and O–H groups in total. The first-order chi connectivity index (χ1) is 8.15. The summed E-state index contributed by atoms with van der Waals surface area (Å²) >= 11 is 5.78. The molecule has 0 amide bonds. The molecule has 1 aromatic heterocycles. The van der Waals surface area contributed by atoms with E-state index in [1.165, 1.54) is 24.5 Å². The van der Waals surface area contributed by atoms with Gasteiger partial charge in [-0.25, -0.2) is 14.2 Å². The molecule has 6 heteroatoms. The summed E-state index contributed by atoms with van der Waals surface area (Å²) in [6.45, 7) is 0. The number of hydrogen-bond acceptors (Lipinski definition) is 3. The topological polar surface area (TPSA) is 51.2 Å². The van der Waals surface area contributed by atoms with E-state index in [4.69, 9.17) is 21.9 Å². The van der Waals surface area contributed by atoms with Crippen LogP contribution in [0, 0.1) is 11.6 Å². The second-order valence-electron chi connectivity index (χ2n) is 3.39. The van der Waals surface area contributed by atoms with Crippen molar-refractivity contribution in [2.24, 2.45) is 5.84 Å². The van der Waals surface area contributed by atoms with Crippen molar-refractivity contribution in [2.75, 3.05) is 0 Å². The number of rotatable bonds is 3. The third-order valence-electron chi connectivity index (χ3n) is 2.42. The van der Waals surface area contributed by atoms with E-state index >= 15 is 0 Å². The number of nitrogens with two attached hydrogens (primary N) is 1. The van der Waals surface area contributed by atoms with E-state index in [-0.39, 0.29) is 10.8 Å². The first-order valence-corrected chi connectivity index (χ1v) is 5.16. The predicted octanol–water partition coefficient (Wildman–Crippen LogP) is 2.76. The number of hydrogen-bond donors (Lipinski definition) is 2. The Morgan fingerprint density at radius 3 is 2.59 bits per heavy atom. The van der Waals surface area contributed by atoms with Crippen molar-refractivity contribution >= 4 is 11.6 Å². The normalized spacial score (nSPS) is 12.7. The van der Waals surface area contributed by atoms with Crippen LogP contribution in [0.5, 0.6) is 0 Å². The van der Waals surface area contributed by atoms with E-state index in [2.05, 4.69) is 5.43 Å². The Hall–Kier alpha value is -1.43. The predicted molar refractivity (Wildman–Crippen MR) is 59.2 cm³/mol. The van der Waals surface area contributed by atoms with Gasteiger partial charge in [-0.1, -0.05) is 12.1 Å². The van der Waals surface area contributed by atoms with Gasteiger partial charge in [-0.15, -0.1) is 0 Å². The van der Waals surface area contributed by atoms with Crippen LogP contribution in [0.2, 0.25) is 5.22 Å². The number of benzene rings is 1. The summed E-state index contributed by atoms with van der Waals surface area (Å²) in [7, 11) is 0. The summed E-state index contributed by atoms with van der Waals surface area (Å²) < 4.78 is 31.6. The summed E-state index contributed by atoms with van der Waals surface area (Å²) in [5, 5.41) is 0.0802. The van der Waals surface area contributed by atoms with Crippen molar-refractivity contribution in [3.05, 3.63) is 58.5 Å². The van der Waals surface area contributed by atoms with Gasteiger partial charge in [0.15, 0.2) is 16.9 Å². The van der Waals surface area contributed by atoms with Crippen LogP contribution in [0.3, 0.4) is 0 Å². The molecule has 0 aliphatic heterocycles. The Kier molecular flexibility index (Phi) is 3.42. The highest BCUT2D eigenvalue weighted by Crippen LogP contribution is 2.30. The highest BCUT2D eigenvalue weighted by atomic mass is 35.5. The van der Waals surface area contributed by atoms with E-state index < -0.39 is 17.7 Å². The van der Waals surface area contributed by atoms with Crippen molar-refractivity contribution in [3.8, 4) is 0 Å². The number of furan rings is 1. The van der Waals surface area contributed by atoms with Gasteiger partial charge in [-0.3, -0.25) is 5.84 Å². The lowest BCUT2D eigenvalue weighted by Gasteiger charge is -2.16. The van der Waals surface area contributed by atoms with Gasteiger partial charge in [0.05, 0.1) is 12.3 Å². The van der Waals surface area contributed by atoms with Crippen LogP contribution in [-0.4, -0.2) is 0 Å². The van der Waals surface area contributed by atoms with E-state index in [1.54, 1.807) is 0 Å². The molecular weight excluding hydrogens is 250 g/mol. The molecule has 3 nitrogen and oxygen atoms in total. The van der Waals surface area contributed by atoms with Gasteiger partial charge < -0.3 is 4.42 Å². The van der Waals surface area contributed by atoms with Crippen LogP contribution in [0.25, 0.3) is 0 Å². The number of halogens is 3. The Morgan fingerprint density at radius 2 is 2.00 bits per heavy atom. The molecule has 1 atom stereocenters. The average molecular weight is 259 g/mol. The van der Waals surface area contributed by atoms with E-state index in [0.29, 0.717) is 5.56 Å². The Bertz CT molecular complexity index is 530. The molecule has 0 bridgehead atoms. The maximum absolute atomic E-state index is 13.6. The third-order valence-corrected chi connectivity index (χ3v) is 2.72. The van der Waals surface area contributed by atoms with Gasteiger partial charge in [-0.05, 0) is 23.7 Å². The number of nitrogens with one attached hydrogen (secondary N) is 1. The molecule has 90 valence electrons. The molecule has 1 aromatic carbocycles. The lowest BCUT2D eigenvalue weighted by Crippen LogP contribution is -2.29. The standard InChI is InChI=1S/C11H9ClF2N2O/c12-11-7(4-5-17-11)10(16-15)6-2-1-3-8(13)9(6)14/h1-5,10,16H,15H2. The molecule has 0 fully saturated rings. The minimum absolute atomic E-state index is 0.0656. The molecule has 1 heterocycles. The molecule has 0 saturated carbocycles. The van der Waals surface area contributed by atoms with Crippen molar-refractivity contribution in [1.29, 1.82) is 0 Å². The van der Waals surface area contributed by atoms with Gasteiger partial charge in [0.2, 0.25) is 0 Å². The second-order valence-corrected chi connectivity index (χ2v) is 3.74. The Labute approximate surface area is 101 Å². The largest absolute Gasteiger partial charge is 0.453 e. The molecule has 2 rings (SSSR count). The molecule has 0 aliphatic rings.